The van der Waals surface area contributed by atoms with Crippen molar-refractivity contribution < 1.29 is 0 Å². The van der Waals surface area contributed by atoms with Gasteiger partial charge in [0.1, 0.15) is 0 Å². The fraction of sp³-hybridized carbons (Fsp3) is 1.00. The first kappa shape index (κ1) is 19.4. The van der Waals surface area contributed by atoms with E-state index in [1.54, 1.807) is 0 Å². The number of thiol groups is 1. The average Bonchev–Trinajstić information content (AvgIpc) is 2.52. The van der Waals surface area contributed by atoms with Crippen molar-refractivity contribution in [1.82, 2.24) is 0 Å². The highest BCUT2D eigenvalue weighted by molar-refractivity contribution is 7.80. The quantitative estimate of drug-likeness (QED) is 0.400. The van der Waals surface area contributed by atoms with E-state index in [2.05, 4.69) is 33.4 Å². The highest BCUT2D eigenvalue weighted by Gasteiger charge is 2.19. The first-order chi connectivity index (χ1) is 10.1. The Balaban J connectivity index is 0.000000235. The Hall–Kier alpha value is 0.350. The SMILES string of the molecule is CC1CCC(S)CC1.CCCCCC(C)C1CCCCC1. The molecule has 2 aliphatic carbocycles. The predicted molar refractivity (Wildman–Crippen MR) is 100 cm³/mol. The van der Waals surface area contributed by atoms with E-state index in [0.717, 1.165) is 17.8 Å². The zero-order valence-corrected chi connectivity index (χ0v) is 15.8. The van der Waals surface area contributed by atoms with Crippen LogP contribution in [0.3, 0.4) is 0 Å². The van der Waals surface area contributed by atoms with Crippen molar-refractivity contribution in [3.05, 3.63) is 0 Å². The molecule has 21 heavy (non-hydrogen) atoms. The molecule has 0 aromatic heterocycles. The van der Waals surface area contributed by atoms with Gasteiger partial charge in [-0.05, 0) is 43.4 Å². The molecule has 0 spiro atoms. The summed E-state index contributed by atoms with van der Waals surface area (Å²) in [5, 5.41) is 0.714. The molecule has 0 saturated heterocycles. The summed E-state index contributed by atoms with van der Waals surface area (Å²) in [5.41, 5.74) is 0. The molecule has 126 valence electrons. The molecule has 2 rings (SSSR count). The second-order valence-electron chi connectivity index (χ2n) is 7.78. The van der Waals surface area contributed by atoms with Crippen molar-refractivity contribution in [2.45, 2.75) is 109 Å². The predicted octanol–water partition coefficient (Wildman–Crippen LogP) is 7.28. The van der Waals surface area contributed by atoms with Gasteiger partial charge in [-0.15, -0.1) is 0 Å². The molecule has 1 unspecified atom stereocenters. The van der Waals surface area contributed by atoms with Crippen LogP contribution in [0.15, 0.2) is 0 Å². The Bertz CT molecular complexity index is 214. The highest BCUT2D eigenvalue weighted by Crippen LogP contribution is 2.32. The average molecular weight is 313 g/mol. The van der Waals surface area contributed by atoms with Gasteiger partial charge in [0.15, 0.2) is 0 Å². The third kappa shape index (κ3) is 9.16. The van der Waals surface area contributed by atoms with Gasteiger partial charge in [0.2, 0.25) is 0 Å². The summed E-state index contributed by atoms with van der Waals surface area (Å²) in [7, 11) is 0. The van der Waals surface area contributed by atoms with Crippen LogP contribution in [0.25, 0.3) is 0 Å². The van der Waals surface area contributed by atoms with Crippen LogP contribution in [0.4, 0.5) is 0 Å². The van der Waals surface area contributed by atoms with Crippen molar-refractivity contribution in [3.8, 4) is 0 Å². The number of hydrogen-bond acceptors (Lipinski definition) is 1. The van der Waals surface area contributed by atoms with Crippen LogP contribution in [0, 0.1) is 17.8 Å². The molecule has 2 fully saturated rings. The van der Waals surface area contributed by atoms with Gasteiger partial charge in [-0.25, -0.2) is 0 Å². The molecule has 1 heteroatoms. The maximum atomic E-state index is 4.40. The van der Waals surface area contributed by atoms with Gasteiger partial charge in [0.25, 0.3) is 0 Å². The van der Waals surface area contributed by atoms with Crippen molar-refractivity contribution >= 4 is 12.6 Å². The number of rotatable bonds is 5. The molecular formula is C20H40S. The first-order valence-corrected chi connectivity index (χ1v) is 10.3. The maximum absolute atomic E-state index is 4.40. The summed E-state index contributed by atoms with van der Waals surface area (Å²) < 4.78 is 0. The fourth-order valence-corrected chi connectivity index (χ4v) is 4.20. The van der Waals surface area contributed by atoms with E-state index in [9.17, 15) is 0 Å². The summed E-state index contributed by atoms with van der Waals surface area (Å²) in [6, 6.07) is 0. The van der Waals surface area contributed by atoms with E-state index in [1.165, 1.54) is 83.5 Å². The zero-order valence-electron chi connectivity index (χ0n) is 14.9. The Morgan fingerprint density at radius 3 is 2.05 bits per heavy atom. The normalized spacial score (nSPS) is 28.6. The Kier molecular flexibility index (Phi) is 11.0. The van der Waals surface area contributed by atoms with Crippen LogP contribution in [0.2, 0.25) is 0 Å². The van der Waals surface area contributed by atoms with Crippen molar-refractivity contribution in [2.24, 2.45) is 17.8 Å². The first-order valence-electron chi connectivity index (χ1n) is 9.81. The van der Waals surface area contributed by atoms with Crippen molar-refractivity contribution in [3.63, 3.8) is 0 Å². The van der Waals surface area contributed by atoms with E-state index in [4.69, 9.17) is 0 Å². The van der Waals surface area contributed by atoms with Gasteiger partial charge in [0, 0.05) is 5.25 Å². The molecule has 0 amide bonds. The lowest BCUT2D eigenvalue weighted by atomic mass is 9.79. The fourth-order valence-electron chi connectivity index (χ4n) is 3.90. The molecule has 0 aromatic carbocycles. The van der Waals surface area contributed by atoms with E-state index >= 15 is 0 Å². The summed E-state index contributed by atoms with van der Waals surface area (Å²) >= 11 is 4.40. The Labute approximate surface area is 140 Å². The van der Waals surface area contributed by atoms with Crippen LogP contribution >= 0.6 is 12.6 Å². The molecule has 2 aliphatic rings. The summed E-state index contributed by atoms with van der Waals surface area (Å²) in [4.78, 5) is 0. The van der Waals surface area contributed by atoms with Gasteiger partial charge < -0.3 is 0 Å². The smallest absolute Gasteiger partial charge is 0.00170 e. The molecular weight excluding hydrogens is 272 g/mol. The molecule has 1 atom stereocenters. The molecule has 0 aliphatic heterocycles. The van der Waals surface area contributed by atoms with Gasteiger partial charge >= 0.3 is 0 Å². The molecule has 0 radical (unpaired) electrons. The third-order valence-electron chi connectivity index (χ3n) is 5.70. The van der Waals surface area contributed by atoms with Crippen LogP contribution in [-0.2, 0) is 0 Å². The standard InChI is InChI=1S/C13H26.C7H14S/c1-3-4-6-9-12(2)13-10-7-5-8-11-13;1-6-2-4-7(8)5-3-6/h12-13H,3-11H2,1-2H3;6-8H,2-5H2,1H3. The maximum Gasteiger partial charge on any atom is 0.00170 e. The zero-order chi connectivity index (χ0) is 15.5. The molecule has 0 nitrogen and oxygen atoms in total. The van der Waals surface area contributed by atoms with Crippen LogP contribution < -0.4 is 0 Å². The van der Waals surface area contributed by atoms with Gasteiger partial charge in [-0.3, -0.25) is 0 Å². The van der Waals surface area contributed by atoms with E-state index in [0.29, 0.717) is 5.25 Å². The summed E-state index contributed by atoms with van der Waals surface area (Å²) in [6.07, 6.45) is 18.8. The van der Waals surface area contributed by atoms with E-state index in [-0.39, 0.29) is 0 Å². The number of hydrogen-bond donors (Lipinski definition) is 1. The summed E-state index contributed by atoms with van der Waals surface area (Å²) in [6.45, 7) is 7.11. The van der Waals surface area contributed by atoms with Crippen molar-refractivity contribution in [2.75, 3.05) is 0 Å². The third-order valence-corrected chi connectivity index (χ3v) is 6.22. The molecule has 2 saturated carbocycles. The Morgan fingerprint density at radius 2 is 1.52 bits per heavy atom. The minimum Gasteiger partial charge on any atom is -0.176 e. The van der Waals surface area contributed by atoms with Crippen LogP contribution in [0.1, 0.15) is 104 Å². The minimum atomic E-state index is 0.714. The molecule has 0 aromatic rings. The van der Waals surface area contributed by atoms with Crippen molar-refractivity contribution in [1.29, 1.82) is 0 Å². The second kappa shape index (κ2) is 11.9. The topological polar surface area (TPSA) is 0 Å². The lowest BCUT2D eigenvalue weighted by Gasteiger charge is -2.27. The Morgan fingerprint density at radius 1 is 0.905 bits per heavy atom. The van der Waals surface area contributed by atoms with Crippen LogP contribution in [-0.4, -0.2) is 5.25 Å². The minimum absolute atomic E-state index is 0.714. The monoisotopic (exact) mass is 312 g/mol. The second-order valence-corrected chi connectivity index (χ2v) is 8.52. The van der Waals surface area contributed by atoms with E-state index in [1.807, 2.05) is 0 Å². The van der Waals surface area contributed by atoms with Gasteiger partial charge in [-0.1, -0.05) is 78.6 Å². The lowest BCUT2D eigenvalue weighted by Crippen LogP contribution is -2.15. The highest BCUT2D eigenvalue weighted by atomic mass is 32.1. The van der Waals surface area contributed by atoms with Gasteiger partial charge in [0.05, 0.1) is 0 Å². The van der Waals surface area contributed by atoms with Gasteiger partial charge in [-0.2, -0.15) is 12.6 Å². The molecule has 0 N–H and O–H groups in total. The molecule has 0 bridgehead atoms. The number of unbranched alkanes of at least 4 members (excludes halogenated alkanes) is 2. The lowest BCUT2D eigenvalue weighted by molar-refractivity contribution is 0.248. The van der Waals surface area contributed by atoms with Crippen LogP contribution in [0.5, 0.6) is 0 Å². The van der Waals surface area contributed by atoms with E-state index < -0.39 is 0 Å². The molecule has 0 heterocycles. The largest absolute Gasteiger partial charge is 0.176 e. The summed E-state index contributed by atoms with van der Waals surface area (Å²) in [5.74, 6) is 3.05.